The predicted octanol–water partition coefficient (Wildman–Crippen LogP) is -0.960. The third-order valence-corrected chi connectivity index (χ3v) is 3.20. The van der Waals surface area contributed by atoms with Gasteiger partial charge in [0.1, 0.15) is 6.04 Å². The van der Waals surface area contributed by atoms with Crippen molar-refractivity contribution in [3.8, 4) is 0 Å². The van der Waals surface area contributed by atoms with E-state index < -0.39 is 0 Å². The van der Waals surface area contributed by atoms with Crippen LogP contribution in [0, 0.1) is 0 Å². The molecule has 6 heteroatoms. The molecule has 0 spiro atoms. The summed E-state index contributed by atoms with van der Waals surface area (Å²) in [4.78, 5) is 13.5. The standard InChI is InChI=1S/C8H17N3O2S/c1-13-6-7(8(12)10-9)11-2-4-14-5-3-11/h7H,2-6,9H2,1H3,(H,10,12). The van der Waals surface area contributed by atoms with E-state index in [1.807, 2.05) is 11.8 Å². The minimum atomic E-state index is -0.245. The van der Waals surface area contributed by atoms with Crippen LogP contribution in [0.1, 0.15) is 0 Å². The van der Waals surface area contributed by atoms with Crippen molar-refractivity contribution in [3.63, 3.8) is 0 Å². The first-order chi connectivity index (χ1) is 6.79. The molecule has 0 bridgehead atoms. The van der Waals surface area contributed by atoms with Gasteiger partial charge in [0.05, 0.1) is 6.61 Å². The Balaban J connectivity index is 2.50. The van der Waals surface area contributed by atoms with E-state index in [0.717, 1.165) is 24.6 Å². The molecule has 1 saturated heterocycles. The Labute approximate surface area is 88.3 Å². The molecule has 1 heterocycles. The quantitative estimate of drug-likeness (QED) is 0.362. The van der Waals surface area contributed by atoms with E-state index in [9.17, 15) is 4.79 Å². The lowest BCUT2D eigenvalue weighted by molar-refractivity contribution is -0.128. The van der Waals surface area contributed by atoms with Gasteiger partial charge < -0.3 is 4.74 Å². The highest BCUT2D eigenvalue weighted by Gasteiger charge is 2.26. The summed E-state index contributed by atoms with van der Waals surface area (Å²) in [6.45, 7) is 2.24. The molecule has 1 amide bonds. The lowest BCUT2D eigenvalue weighted by atomic mass is 10.2. The average Bonchev–Trinajstić information content (AvgIpc) is 2.26. The zero-order valence-electron chi connectivity index (χ0n) is 8.36. The van der Waals surface area contributed by atoms with Gasteiger partial charge in [-0.3, -0.25) is 15.1 Å². The molecule has 14 heavy (non-hydrogen) atoms. The molecule has 0 aliphatic carbocycles. The Bertz CT molecular complexity index is 185. The van der Waals surface area contributed by atoms with Gasteiger partial charge in [-0.05, 0) is 0 Å². The molecule has 5 nitrogen and oxygen atoms in total. The molecular formula is C8H17N3O2S. The van der Waals surface area contributed by atoms with E-state index in [0.29, 0.717) is 6.61 Å². The van der Waals surface area contributed by atoms with Crippen molar-refractivity contribution < 1.29 is 9.53 Å². The van der Waals surface area contributed by atoms with E-state index in [2.05, 4.69) is 10.3 Å². The zero-order chi connectivity index (χ0) is 10.4. The first-order valence-electron chi connectivity index (χ1n) is 4.60. The van der Waals surface area contributed by atoms with Crippen LogP contribution < -0.4 is 11.3 Å². The lowest BCUT2D eigenvalue weighted by Crippen LogP contribution is -2.53. The van der Waals surface area contributed by atoms with Crippen molar-refractivity contribution >= 4 is 17.7 Å². The SMILES string of the molecule is COCC(C(=O)NN)N1CCSCC1. The smallest absolute Gasteiger partial charge is 0.253 e. The third kappa shape index (κ3) is 3.13. The van der Waals surface area contributed by atoms with Gasteiger partial charge in [0.25, 0.3) is 5.91 Å². The van der Waals surface area contributed by atoms with E-state index >= 15 is 0 Å². The van der Waals surface area contributed by atoms with Gasteiger partial charge in [0, 0.05) is 31.7 Å². The molecule has 1 rings (SSSR count). The minimum Gasteiger partial charge on any atom is -0.383 e. The molecule has 1 unspecified atom stereocenters. The summed E-state index contributed by atoms with van der Waals surface area (Å²) in [7, 11) is 1.59. The molecule has 1 atom stereocenters. The van der Waals surface area contributed by atoms with Crippen molar-refractivity contribution in [2.45, 2.75) is 6.04 Å². The highest BCUT2D eigenvalue weighted by atomic mass is 32.2. The molecule has 1 aliphatic heterocycles. The normalized spacial score (nSPS) is 20.4. The summed E-state index contributed by atoms with van der Waals surface area (Å²) in [5.74, 6) is 7.09. The highest BCUT2D eigenvalue weighted by Crippen LogP contribution is 2.12. The maximum atomic E-state index is 11.4. The highest BCUT2D eigenvalue weighted by molar-refractivity contribution is 7.99. The Kier molecular flexibility index (Phi) is 5.24. The number of carbonyl (C=O) groups is 1. The van der Waals surface area contributed by atoms with Gasteiger partial charge in [0.15, 0.2) is 0 Å². The maximum absolute atomic E-state index is 11.4. The number of rotatable bonds is 4. The van der Waals surface area contributed by atoms with Gasteiger partial charge in [-0.25, -0.2) is 5.84 Å². The number of nitrogens with one attached hydrogen (secondary N) is 1. The summed E-state index contributed by atoms with van der Waals surface area (Å²) in [5.41, 5.74) is 2.18. The number of hydrogen-bond donors (Lipinski definition) is 2. The number of hydrazine groups is 1. The number of thioether (sulfide) groups is 1. The van der Waals surface area contributed by atoms with E-state index in [-0.39, 0.29) is 11.9 Å². The van der Waals surface area contributed by atoms with Crippen LogP contribution in [0.4, 0.5) is 0 Å². The summed E-state index contributed by atoms with van der Waals surface area (Å²) in [6.07, 6.45) is 0. The van der Waals surface area contributed by atoms with Crippen molar-refractivity contribution in [3.05, 3.63) is 0 Å². The van der Waals surface area contributed by atoms with Crippen molar-refractivity contribution in [1.29, 1.82) is 0 Å². The first-order valence-corrected chi connectivity index (χ1v) is 5.76. The first kappa shape index (κ1) is 11.8. The van der Waals surface area contributed by atoms with Crippen LogP contribution in [0.25, 0.3) is 0 Å². The fraction of sp³-hybridized carbons (Fsp3) is 0.875. The van der Waals surface area contributed by atoms with Gasteiger partial charge in [-0.1, -0.05) is 0 Å². The molecule has 3 N–H and O–H groups in total. The zero-order valence-corrected chi connectivity index (χ0v) is 9.18. The Morgan fingerprint density at radius 1 is 1.64 bits per heavy atom. The third-order valence-electron chi connectivity index (χ3n) is 2.26. The largest absolute Gasteiger partial charge is 0.383 e. The summed E-state index contributed by atoms with van der Waals surface area (Å²) in [5, 5.41) is 0. The van der Waals surface area contributed by atoms with Crippen LogP contribution in [0.15, 0.2) is 0 Å². The Morgan fingerprint density at radius 3 is 2.79 bits per heavy atom. The molecular weight excluding hydrogens is 202 g/mol. The molecule has 1 fully saturated rings. The molecule has 0 saturated carbocycles. The van der Waals surface area contributed by atoms with Crippen molar-refractivity contribution in [1.82, 2.24) is 10.3 Å². The molecule has 0 aromatic rings. The topological polar surface area (TPSA) is 67.6 Å². The number of methoxy groups -OCH3 is 1. The maximum Gasteiger partial charge on any atom is 0.253 e. The number of amides is 1. The van der Waals surface area contributed by atoms with Crippen molar-refractivity contribution in [2.75, 3.05) is 38.3 Å². The van der Waals surface area contributed by atoms with Gasteiger partial charge >= 0.3 is 0 Å². The second kappa shape index (κ2) is 6.23. The summed E-state index contributed by atoms with van der Waals surface area (Å²) in [6, 6.07) is -0.245. The van der Waals surface area contributed by atoms with Crippen LogP contribution >= 0.6 is 11.8 Å². The molecule has 0 radical (unpaired) electrons. The van der Waals surface area contributed by atoms with E-state index in [1.54, 1.807) is 7.11 Å². The summed E-state index contributed by atoms with van der Waals surface area (Å²) < 4.78 is 5.02. The second-order valence-electron chi connectivity index (χ2n) is 3.13. The van der Waals surface area contributed by atoms with Gasteiger partial charge in [-0.15, -0.1) is 0 Å². The number of nitrogens with two attached hydrogens (primary N) is 1. The molecule has 82 valence electrons. The van der Waals surface area contributed by atoms with E-state index in [4.69, 9.17) is 10.6 Å². The average molecular weight is 219 g/mol. The van der Waals surface area contributed by atoms with Crippen LogP contribution in [0.2, 0.25) is 0 Å². The monoisotopic (exact) mass is 219 g/mol. The lowest BCUT2D eigenvalue weighted by Gasteiger charge is -2.32. The Hall–Kier alpha value is -0.300. The molecule has 0 aromatic carbocycles. The Morgan fingerprint density at radius 2 is 2.29 bits per heavy atom. The van der Waals surface area contributed by atoms with Crippen LogP contribution in [0.3, 0.4) is 0 Å². The van der Waals surface area contributed by atoms with Crippen molar-refractivity contribution in [2.24, 2.45) is 5.84 Å². The molecule has 1 aliphatic rings. The predicted molar refractivity (Wildman–Crippen MR) is 56.9 cm³/mol. The van der Waals surface area contributed by atoms with E-state index in [1.165, 1.54) is 0 Å². The fourth-order valence-electron chi connectivity index (χ4n) is 1.49. The number of nitrogens with zero attached hydrogens (tertiary/aromatic N) is 1. The number of carbonyl (C=O) groups excluding carboxylic acids is 1. The van der Waals surface area contributed by atoms with Crippen LogP contribution in [0.5, 0.6) is 0 Å². The summed E-state index contributed by atoms with van der Waals surface area (Å²) >= 11 is 1.91. The minimum absolute atomic E-state index is 0.168. The number of hydrogen-bond acceptors (Lipinski definition) is 5. The van der Waals surface area contributed by atoms with Crippen LogP contribution in [-0.4, -0.2) is 55.2 Å². The molecule has 0 aromatic heterocycles. The van der Waals surface area contributed by atoms with Crippen LogP contribution in [-0.2, 0) is 9.53 Å². The number of ether oxygens (including phenoxy) is 1. The second-order valence-corrected chi connectivity index (χ2v) is 4.35. The van der Waals surface area contributed by atoms with Gasteiger partial charge in [0.2, 0.25) is 0 Å². The fourth-order valence-corrected chi connectivity index (χ4v) is 2.42. The van der Waals surface area contributed by atoms with Gasteiger partial charge in [-0.2, -0.15) is 11.8 Å².